The standard InChI is InChI=1S/C12H18O2/c1-4-5-6-7-8-9-10-11(13)12(2,3)14/h4-7,9-10,14H,8H2,1-3H3/b5-4-,7-6-,10-9+. The summed E-state index contributed by atoms with van der Waals surface area (Å²) in [6.45, 7) is 4.91. The molecule has 0 aromatic rings. The summed E-state index contributed by atoms with van der Waals surface area (Å²) >= 11 is 0. The van der Waals surface area contributed by atoms with Crippen molar-refractivity contribution in [2.24, 2.45) is 0 Å². The van der Waals surface area contributed by atoms with Crippen LogP contribution in [0.5, 0.6) is 0 Å². The predicted molar refractivity (Wildman–Crippen MR) is 59.0 cm³/mol. The molecule has 0 aromatic heterocycles. The molecule has 0 unspecified atom stereocenters. The average molecular weight is 194 g/mol. The van der Waals surface area contributed by atoms with E-state index in [-0.39, 0.29) is 5.78 Å². The zero-order valence-electron chi connectivity index (χ0n) is 9.03. The van der Waals surface area contributed by atoms with Gasteiger partial charge in [0.15, 0.2) is 5.78 Å². The summed E-state index contributed by atoms with van der Waals surface area (Å²) < 4.78 is 0. The van der Waals surface area contributed by atoms with Crippen LogP contribution in [0.3, 0.4) is 0 Å². The summed E-state index contributed by atoms with van der Waals surface area (Å²) in [4.78, 5) is 11.2. The van der Waals surface area contributed by atoms with Crippen molar-refractivity contribution in [3.63, 3.8) is 0 Å². The number of allylic oxidation sites excluding steroid dienone is 5. The van der Waals surface area contributed by atoms with Crippen molar-refractivity contribution in [1.82, 2.24) is 0 Å². The molecule has 78 valence electrons. The van der Waals surface area contributed by atoms with Gasteiger partial charge in [0.1, 0.15) is 5.60 Å². The van der Waals surface area contributed by atoms with Crippen molar-refractivity contribution in [2.45, 2.75) is 32.8 Å². The van der Waals surface area contributed by atoms with Crippen molar-refractivity contribution in [2.75, 3.05) is 0 Å². The van der Waals surface area contributed by atoms with Crippen molar-refractivity contribution < 1.29 is 9.90 Å². The van der Waals surface area contributed by atoms with E-state index in [4.69, 9.17) is 0 Å². The van der Waals surface area contributed by atoms with Gasteiger partial charge in [0.2, 0.25) is 0 Å². The smallest absolute Gasteiger partial charge is 0.186 e. The van der Waals surface area contributed by atoms with E-state index in [1.807, 2.05) is 31.2 Å². The van der Waals surface area contributed by atoms with Crippen LogP contribution in [0.4, 0.5) is 0 Å². The van der Waals surface area contributed by atoms with Crippen LogP contribution in [0.1, 0.15) is 27.2 Å². The van der Waals surface area contributed by atoms with Gasteiger partial charge in [-0.15, -0.1) is 0 Å². The maximum Gasteiger partial charge on any atom is 0.186 e. The second kappa shape index (κ2) is 6.33. The Hall–Kier alpha value is -1.15. The predicted octanol–water partition coefficient (Wildman–Crippen LogP) is 2.41. The Morgan fingerprint density at radius 1 is 1.29 bits per heavy atom. The van der Waals surface area contributed by atoms with Gasteiger partial charge in [0.05, 0.1) is 0 Å². The summed E-state index contributed by atoms with van der Waals surface area (Å²) in [5.74, 6) is -0.267. The van der Waals surface area contributed by atoms with E-state index in [1.165, 1.54) is 19.9 Å². The Morgan fingerprint density at radius 2 is 1.93 bits per heavy atom. The van der Waals surface area contributed by atoms with Gasteiger partial charge in [0.25, 0.3) is 0 Å². The molecule has 0 amide bonds. The highest BCUT2D eigenvalue weighted by atomic mass is 16.3. The molecular formula is C12H18O2. The SMILES string of the molecule is C/C=C\C=C/C/C=C/C(=O)C(C)(C)O. The summed E-state index contributed by atoms with van der Waals surface area (Å²) in [5.41, 5.74) is -1.26. The van der Waals surface area contributed by atoms with Crippen LogP contribution in [-0.2, 0) is 4.79 Å². The van der Waals surface area contributed by atoms with Crippen molar-refractivity contribution in [1.29, 1.82) is 0 Å². The Balaban J connectivity index is 3.91. The topological polar surface area (TPSA) is 37.3 Å². The maximum atomic E-state index is 11.2. The third kappa shape index (κ3) is 6.38. The quantitative estimate of drug-likeness (QED) is 0.539. The molecular weight excluding hydrogens is 176 g/mol. The summed E-state index contributed by atoms with van der Waals surface area (Å²) in [6.07, 6.45) is 11.6. The van der Waals surface area contributed by atoms with E-state index in [0.717, 1.165) is 0 Å². The number of rotatable bonds is 5. The molecule has 0 saturated carbocycles. The second-order valence-electron chi connectivity index (χ2n) is 3.52. The minimum atomic E-state index is -1.26. The molecule has 0 aliphatic carbocycles. The minimum Gasteiger partial charge on any atom is -0.382 e. The highest BCUT2D eigenvalue weighted by molar-refractivity contribution is 5.96. The maximum absolute atomic E-state index is 11.2. The van der Waals surface area contributed by atoms with Crippen molar-refractivity contribution >= 4 is 5.78 Å². The van der Waals surface area contributed by atoms with Gasteiger partial charge in [-0.3, -0.25) is 4.79 Å². The van der Waals surface area contributed by atoms with Crippen LogP contribution in [0, 0.1) is 0 Å². The normalized spacial score (nSPS) is 13.4. The van der Waals surface area contributed by atoms with E-state index < -0.39 is 5.60 Å². The van der Waals surface area contributed by atoms with Crippen LogP contribution in [0.25, 0.3) is 0 Å². The molecule has 0 saturated heterocycles. The van der Waals surface area contributed by atoms with Gasteiger partial charge in [0, 0.05) is 0 Å². The van der Waals surface area contributed by atoms with Crippen LogP contribution in [0.15, 0.2) is 36.5 Å². The molecule has 2 heteroatoms. The molecule has 0 rings (SSSR count). The molecule has 0 spiro atoms. The fourth-order valence-electron chi connectivity index (χ4n) is 0.726. The molecule has 0 aliphatic rings. The van der Waals surface area contributed by atoms with Gasteiger partial charge in [-0.1, -0.05) is 30.4 Å². The van der Waals surface area contributed by atoms with Crippen LogP contribution in [0.2, 0.25) is 0 Å². The zero-order chi connectivity index (χ0) is 11.0. The fourth-order valence-corrected chi connectivity index (χ4v) is 0.726. The van der Waals surface area contributed by atoms with Gasteiger partial charge in [-0.2, -0.15) is 0 Å². The van der Waals surface area contributed by atoms with Crippen molar-refractivity contribution in [3.05, 3.63) is 36.5 Å². The monoisotopic (exact) mass is 194 g/mol. The molecule has 0 radical (unpaired) electrons. The first-order valence-corrected chi connectivity index (χ1v) is 4.69. The summed E-state index contributed by atoms with van der Waals surface area (Å²) in [5, 5.41) is 9.30. The first kappa shape index (κ1) is 12.8. The number of aliphatic hydroxyl groups is 1. The molecule has 14 heavy (non-hydrogen) atoms. The Bertz CT molecular complexity index is 252. The molecule has 0 aliphatic heterocycles. The van der Waals surface area contributed by atoms with Crippen LogP contribution < -0.4 is 0 Å². The Labute approximate surface area is 85.6 Å². The third-order valence-electron chi connectivity index (χ3n) is 1.58. The molecule has 0 fully saturated rings. The number of carbonyl (C=O) groups is 1. The second-order valence-corrected chi connectivity index (χ2v) is 3.52. The number of ketones is 1. The van der Waals surface area contributed by atoms with Gasteiger partial charge < -0.3 is 5.11 Å². The lowest BCUT2D eigenvalue weighted by molar-refractivity contribution is -0.128. The third-order valence-corrected chi connectivity index (χ3v) is 1.58. The molecule has 0 aromatic carbocycles. The highest BCUT2D eigenvalue weighted by Gasteiger charge is 2.19. The van der Waals surface area contributed by atoms with Gasteiger partial charge in [-0.25, -0.2) is 0 Å². The van der Waals surface area contributed by atoms with Crippen LogP contribution >= 0.6 is 0 Å². The minimum absolute atomic E-state index is 0.267. The lowest BCUT2D eigenvalue weighted by atomic mass is 10.0. The van der Waals surface area contributed by atoms with Gasteiger partial charge in [-0.05, 0) is 33.3 Å². The lowest BCUT2D eigenvalue weighted by Gasteiger charge is -2.11. The first-order valence-electron chi connectivity index (χ1n) is 4.69. The molecule has 0 atom stereocenters. The Morgan fingerprint density at radius 3 is 2.43 bits per heavy atom. The van der Waals surface area contributed by atoms with E-state index in [1.54, 1.807) is 6.08 Å². The molecule has 1 N–H and O–H groups in total. The number of carbonyl (C=O) groups excluding carboxylic acids is 1. The molecule has 0 heterocycles. The van der Waals surface area contributed by atoms with E-state index in [2.05, 4.69) is 0 Å². The van der Waals surface area contributed by atoms with E-state index >= 15 is 0 Å². The van der Waals surface area contributed by atoms with E-state index in [9.17, 15) is 9.90 Å². The lowest BCUT2D eigenvalue weighted by Crippen LogP contribution is -2.29. The van der Waals surface area contributed by atoms with Gasteiger partial charge >= 0.3 is 0 Å². The molecule has 2 nitrogen and oxygen atoms in total. The largest absolute Gasteiger partial charge is 0.382 e. The Kier molecular flexibility index (Phi) is 5.81. The zero-order valence-corrected chi connectivity index (χ0v) is 9.03. The average Bonchev–Trinajstić information content (AvgIpc) is 2.09. The molecule has 0 bridgehead atoms. The summed E-state index contributed by atoms with van der Waals surface area (Å²) in [7, 11) is 0. The van der Waals surface area contributed by atoms with Crippen molar-refractivity contribution in [3.8, 4) is 0 Å². The highest BCUT2D eigenvalue weighted by Crippen LogP contribution is 2.03. The number of hydrogen-bond acceptors (Lipinski definition) is 2. The fraction of sp³-hybridized carbons (Fsp3) is 0.417. The van der Waals surface area contributed by atoms with E-state index in [0.29, 0.717) is 6.42 Å². The first-order chi connectivity index (χ1) is 6.48. The number of hydrogen-bond donors (Lipinski definition) is 1. The summed E-state index contributed by atoms with van der Waals surface area (Å²) in [6, 6.07) is 0. The van der Waals surface area contributed by atoms with Crippen LogP contribution in [-0.4, -0.2) is 16.5 Å².